The van der Waals surface area contributed by atoms with Crippen LogP contribution in [0.4, 0.5) is 4.39 Å². The predicted molar refractivity (Wildman–Crippen MR) is 120 cm³/mol. The molecule has 32 heavy (non-hydrogen) atoms. The first kappa shape index (κ1) is 23.6. The van der Waals surface area contributed by atoms with Crippen LogP contribution in [0.15, 0.2) is 59.8 Å². The average Bonchev–Trinajstić information content (AvgIpc) is 3.19. The molecule has 0 fully saturated rings. The molecule has 0 saturated heterocycles. The largest absolute Gasteiger partial charge is 0.338 e. The van der Waals surface area contributed by atoms with Crippen molar-refractivity contribution < 1.29 is 17.6 Å². The second-order valence-electron chi connectivity index (χ2n) is 7.42. The van der Waals surface area contributed by atoms with Gasteiger partial charge in [-0.2, -0.15) is 4.31 Å². The molecule has 170 valence electrons. The summed E-state index contributed by atoms with van der Waals surface area (Å²) in [7, 11) is -1.91. The lowest BCUT2D eigenvalue weighted by atomic mass is 10.0. The number of halogens is 1. The van der Waals surface area contributed by atoms with Crippen LogP contribution in [-0.2, 0) is 17.1 Å². The van der Waals surface area contributed by atoms with Crippen molar-refractivity contribution >= 4 is 15.9 Å². The number of hydrogen-bond donors (Lipinski definition) is 1. The molecule has 0 aliphatic carbocycles. The number of aromatic nitrogens is 2. The van der Waals surface area contributed by atoms with E-state index >= 15 is 0 Å². The van der Waals surface area contributed by atoms with Gasteiger partial charge in [-0.15, -0.1) is 0 Å². The highest BCUT2D eigenvalue weighted by molar-refractivity contribution is 7.89. The fraction of sp³-hybridized carbons (Fsp3) is 0.304. The van der Waals surface area contributed by atoms with Crippen molar-refractivity contribution in [2.75, 3.05) is 13.1 Å². The summed E-state index contributed by atoms with van der Waals surface area (Å²) in [5.74, 6) is -0.269. The average molecular weight is 459 g/mol. The predicted octanol–water partition coefficient (Wildman–Crippen LogP) is 3.42. The van der Waals surface area contributed by atoms with Crippen molar-refractivity contribution in [3.05, 3.63) is 83.2 Å². The van der Waals surface area contributed by atoms with E-state index in [1.807, 2.05) is 0 Å². The molecular formula is C23H27FN4O3S. The van der Waals surface area contributed by atoms with E-state index in [2.05, 4.69) is 10.3 Å². The summed E-state index contributed by atoms with van der Waals surface area (Å²) < 4.78 is 42.4. The van der Waals surface area contributed by atoms with Crippen LogP contribution in [-0.4, -0.2) is 41.3 Å². The first-order valence-electron chi connectivity index (χ1n) is 10.3. The summed E-state index contributed by atoms with van der Waals surface area (Å²) in [6, 6.07) is 9.70. The molecule has 1 N–H and O–H groups in total. The maximum absolute atomic E-state index is 13.5. The SMILES string of the molecule is CCN(CC)S(=O)(=O)c1ccc(C)c(C(=O)NC(c2ccc(F)cc2)c2nccn2C)c1. The summed E-state index contributed by atoms with van der Waals surface area (Å²) in [5.41, 5.74) is 1.54. The Kier molecular flexibility index (Phi) is 7.10. The van der Waals surface area contributed by atoms with E-state index < -0.39 is 22.0 Å². The number of rotatable bonds is 8. The lowest BCUT2D eigenvalue weighted by molar-refractivity contribution is 0.0940. The second-order valence-corrected chi connectivity index (χ2v) is 9.36. The minimum absolute atomic E-state index is 0.0623. The standard InChI is InChI=1S/C23H27FN4O3S/c1-5-28(6-2)32(30,31)19-12-7-16(3)20(15-19)23(29)26-21(22-25-13-14-27(22)4)17-8-10-18(24)11-9-17/h7-15,21H,5-6H2,1-4H3,(H,26,29). The van der Waals surface area contributed by atoms with Gasteiger partial charge in [0.05, 0.1) is 4.90 Å². The van der Waals surface area contributed by atoms with E-state index in [9.17, 15) is 17.6 Å². The Balaban J connectivity index is 2.00. The smallest absolute Gasteiger partial charge is 0.252 e. The van der Waals surface area contributed by atoms with E-state index in [1.54, 1.807) is 63.0 Å². The molecule has 7 nitrogen and oxygen atoms in total. The van der Waals surface area contributed by atoms with Crippen LogP contribution in [0.3, 0.4) is 0 Å². The van der Waals surface area contributed by atoms with Gasteiger partial charge in [-0.3, -0.25) is 4.79 Å². The van der Waals surface area contributed by atoms with E-state index in [0.29, 0.717) is 30.0 Å². The Labute approximate surface area is 188 Å². The molecule has 0 spiro atoms. The summed E-state index contributed by atoms with van der Waals surface area (Å²) in [6.07, 6.45) is 3.36. The molecular weight excluding hydrogens is 431 g/mol. The molecule has 3 rings (SSSR count). The first-order chi connectivity index (χ1) is 15.2. The third-order valence-electron chi connectivity index (χ3n) is 5.39. The first-order valence-corrected chi connectivity index (χ1v) is 11.8. The van der Waals surface area contributed by atoms with Gasteiger partial charge in [0.2, 0.25) is 10.0 Å². The van der Waals surface area contributed by atoms with Gasteiger partial charge in [0.15, 0.2) is 0 Å². The number of carbonyl (C=O) groups is 1. The van der Waals surface area contributed by atoms with Gasteiger partial charge in [-0.1, -0.05) is 32.0 Å². The van der Waals surface area contributed by atoms with Gasteiger partial charge < -0.3 is 9.88 Å². The van der Waals surface area contributed by atoms with Crippen molar-refractivity contribution in [1.82, 2.24) is 19.2 Å². The molecule has 2 aromatic carbocycles. The van der Waals surface area contributed by atoms with Crippen molar-refractivity contribution in [3.63, 3.8) is 0 Å². The van der Waals surface area contributed by atoms with E-state index in [1.165, 1.54) is 28.6 Å². The molecule has 0 aliphatic heterocycles. The molecule has 0 bridgehead atoms. The van der Waals surface area contributed by atoms with Gasteiger partial charge in [0.1, 0.15) is 17.7 Å². The number of imidazole rings is 1. The zero-order chi connectivity index (χ0) is 23.5. The molecule has 9 heteroatoms. The highest BCUT2D eigenvalue weighted by atomic mass is 32.2. The maximum atomic E-state index is 13.5. The normalized spacial score (nSPS) is 12.7. The minimum atomic E-state index is -3.71. The van der Waals surface area contributed by atoms with Gasteiger partial charge in [0.25, 0.3) is 5.91 Å². The Hall–Kier alpha value is -3.04. The molecule has 1 amide bonds. The third kappa shape index (κ3) is 4.73. The maximum Gasteiger partial charge on any atom is 0.252 e. The van der Waals surface area contributed by atoms with Crippen LogP contribution in [0.1, 0.15) is 47.2 Å². The zero-order valence-corrected chi connectivity index (χ0v) is 19.4. The fourth-order valence-electron chi connectivity index (χ4n) is 3.54. The summed E-state index contributed by atoms with van der Waals surface area (Å²) in [5, 5.41) is 2.94. The molecule has 1 atom stereocenters. The van der Waals surface area contributed by atoms with Crippen LogP contribution in [0, 0.1) is 12.7 Å². The van der Waals surface area contributed by atoms with Crippen molar-refractivity contribution in [2.45, 2.75) is 31.7 Å². The molecule has 1 unspecified atom stereocenters. The van der Waals surface area contributed by atoms with Crippen LogP contribution in [0.5, 0.6) is 0 Å². The van der Waals surface area contributed by atoms with E-state index in [0.717, 1.165) is 0 Å². The van der Waals surface area contributed by atoms with Crippen molar-refractivity contribution in [1.29, 1.82) is 0 Å². The Morgan fingerprint density at radius 1 is 1.16 bits per heavy atom. The van der Waals surface area contributed by atoms with Crippen LogP contribution in [0.25, 0.3) is 0 Å². The summed E-state index contributed by atoms with van der Waals surface area (Å²) in [4.78, 5) is 17.7. The number of sulfonamides is 1. The van der Waals surface area contributed by atoms with Gasteiger partial charge in [0, 0.05) is 38.1 Å². The molecule has 1 aromatic heterocycles. The number of aryl methyl sites for hydroxylation is 2. The summed E-state index contributed by atoms with van der Waals surface area (Å²) >= 11 is 0. The lowest BCUT2D eigenvalue weighted by Crippen LogP contribution is -2.33. The number of nitrogens with one attached hydrogen (secondary N) is 1. The topological polar surface area (TPSA) is 84.3 Å². The lowest BCUT2D eigenvalue weighted by Gasteiger charge is -2.21. The van der Waals surface area contributed by atoms with E-state index in [-0.39, 0.29) is 16.3 Å². The van der Waals surface area contributed by atoms with Gasteiger partial charge in [-0.25, -0.2) is 17.8 Å². The number of nitrogens with zero attached hydrogens (tertiary/aromatic N) is 3. The monoisotopic (exact) mass is 458 g/mol. The van der Waals surface area contributed by atoms with Crippen LogP contribution in [0.2, 0.25) is 0 Å². The molecule has 0 aliphatic rings. The number of benzene rings is 2. The molecule has 3 aromatic rings. The second kappa shape index (κ2) is 9.62. The van der Waals surface area contributed by atoms with E-state index in [4.69, 9.17) is 0 Å². The summed E-state index contributed by atoms with van der Waals surface area (Å²) in [6.45, 7) is 5.95. The molecule has 0 saturated carbocycles. The molecule has 1 heterocycles. The highest BCUT2D eigenvalue weighted by Crippen LogP contribution is 2.24. The number of hydrogen-bond acceptors (Lipinski definition) is 4. The Morgan fingerprint density at radius 2 is 1.81 bits per heavy atom. The Bertz CT molecular complexity index is 1200. The highest BCUT2D eigenvalue weighted by Gasteiger charge is 2.26. The van der Waals surface area contributed by atoms with Crippen LogP contribution < -0.4 is 5.32 Å². The zero-order valence-electron chi connectivity index (χ0n) is 18.5. The van der Waals surface area contributed by atoms with Gasteiger partial charge in [-0.05, 0) is 42.3 Å². The third-order valence-corrected chi connectivity index (χ3v) is 7.44. The number of carbonyl (C=O) groups excluding carboxylic acids is 1. The molecule has 0 radical (unpaired) electrons. The Morgan fingerprint density at radius 3 is 2.38 bits per heavy atom. The number of amides is 1. The minimum Gasteiger partial charge on any atom is -0.338 e. The van der Waals surface area contributed by atoms with Crippen molar-refractivity contribution in [3.8, 4) is 0 Å². The van der Waals surface area contributed by atoms with Crippen molar-refractivity contribution in [2.24, 2.45) is 7.05 Å². The fourth-order valence-corrected chi connectivity index (χ4v) is 5.02. The van der Waals surface area contributed by atoms with Crippen LogP contribution >= 0.6 is 0 Å². The van der Waals surface area contributed by atoms with Gasteiger partial charge >= 0.3 is 0 Å². The quantitative estimate of drug-likeness (QED) is 0.561.